The minimum absolute atomic E-state index is 0.0626. The number of hydrogen-bond acceptors (Lipinski definition) is 7. The van der Waals surface area contributed by atoms with E-state index in [4.69, 9.17) is 4.42 Å². The third kappa shape index (κ3) is 4.17. The van der Waals surface area contributed by atoms with Crippen molar-refractivity contribution in [2.75, 3.05) is 13.1 Å². The molecule has 10 heteroatoms. The van der Waals surface area contributed by atoms with Gasteiger partial charge in [0, 0.05) is 19.2 Å². The van der Waals surface area contributed by atoms with Gasteiger partial charge in [-0.05, 0) is 56.5 Å². The molecule has 0 N–H and O–H groups in total. The van der Waals surface area contributed by atoms with Crippen LogP contribution in [0.25, 0.3) is 0 Å². The van der Waals surface area contributed by atoms with Crippen LogP contribution < -0.4 is 0 Å². The van der Waals surface area contributed by atoms with Crippen LogP contribution in [0.15, 0.2) is 37.6 Å². The van der Waals surface area contributed by atoms with Gasteiger partial charge in [-0.25, -0.2) is 13.4 Å². The van der Waals surface area contributed by atoms with Crippen molar-refractivity contribution in [3.63, 3.8) is 0 Å². The minimum Gasteiger partial charge on any atom is -0.436 e. The highest BCUT2D eigenvalue weighted by atomic mass is 32.2. The fraction of sp³-hybridized carbons (Fsp3) is 0.471. The SMILES string of the molecule is Cc1nc(Sc2ccc(S(=O)(=O)N3CCCC(C)C3)cc2[N+](=O)[O-])oc1C. The molecule has 1 aliphatic heterocycles. The number of hydrogen-bond donors (Lipinski definition) is 0. The zero-order chi connectivity index (χ0) is 19.8. The Labute approximate surface area is 162 Å². The zero-order valence-electron chi connectivity index (χ0n) is 15.3. The van der Waals surface area contributed by atoms with E-state index in [2.05, 4.69) is 4.98 Å². The van der Waals surface area contributed by atoms with Crippen LogP contribution in [0.1, 0.15) is 31.2 Å². The molecule has 0 aliphatic carbocycles. The van der Waals surface area contributed by atoms with Gasteiger partial charge in [0.05, 0.1) is 20.4 Å². The van der Waals surface area contributed by atoms with Gasteiger partial charge in [-0.2, -0.15) is 4.31 Å². The quantitative estimate of drug-likeness (QED) is 0.544. The van der Waals surface area contributed by atoms with Crippen molar-refractivity contribution in [3.05, 3.63) is 39.8 Å². The van der Waals surface area contributed by atoms with Crippen molar-refractivity contribution in [1.29, 1.82) is 0 Å². The summed E-state index contributed by atoms with van der Waals surface area (Å²) in [5.74, 6) is 0.911. The van der Waals surface area contributed by atoms with Gasteiger partial charge in [-0.15, -0.1) is 0 Å². The molecule has 1 atom stereocenters. The molecular weight excluding hydrogens is 390 g/mol. The number of nitro groups is 1. The molecular formula is C17H21N3O5S2. The minimum atomic E-state index is -3.76. The maximum Gasteiger partial charge on any atom is 0.284 e. The Morgan fingerprint density at radius 2 is 2.11 bits per heavy atom. The molecule has 3 rings (SSSR count). The first-order valence-corrected chi connectivity index (χ1v) is 10.8. The van der Waals surface area contributed by atoms with Crippen LogP contribution in [0, 0.1) is 29.9 Å². The van der Waals surface area contributed by atoms with E-state index >= 15 is 0 Å². The highest BCUT2D eigenvalue weighted by molar-refractivity contribution is 7.99. The van der Waals surface area contributed by atoms with Crippen LogP contribution in [-0.2, 0) is 10.0 Å². The van der Waals surface area contributed by atoms with Crippen LogP contribution in [0.3, 0.4) is 0 Å². The van der Waals surface area contributed by atoms with Crippen molar-refractivity contribution >= 4 is 27.5 Å². The summed E-state index contributed by atoms with van der Waals surface area (Å²) >= 11 is 1.00. The van der Waals surface area contributed by atoms with E-state index in [1.807, 2.05) is 6.92 Å². The summed E-state index contributed by atoms with van der Waals surface area (Å²) in [6.45, 7) is 6.42. The lowest BCUT2D eigenvalue weighted by atomic mass is 10.0. The fourth-order valence-electron chi connectivity index (χ4n) is 2.98. The monoisotopic (exact) mass is 411 g/mol. The molecule has 146 valence electrons. The van der Waals surface area contributed by atoms with E-state index in [-0.39, 0.29) is 26.6 Å². The second-order valence-electron chi connectivity index (χ2n) is 6.72. The maximum atomic E-state index is 12.9. The Morgan fingerprint density at radius 3 is 2.70 bits per heavy atom. The van der Waals surface area contributed by atoms with Crippen molar-refractivity contribution < 1.29 is 17.8 Å². The predicted molar refractivity (Wildman–Crippen MR) is 100 cm³/mol. The van der Waals surface area contributed by atoms with Gasteiger partial charge in [0.15, 0.2) is 0 Å². The summed E-state index contributed by atoms with van der Waals surface area (Å²) in [5.41, 5.74) is 0.429. The Balaban J connectivity index is 1.94. The average molecular weight is 412 g/mol. The number of sulfonamides is 1. The van der Waals surface area contributed by atoms with E-state index in [1.165, 1.54) is 16.4 Å². The fourth-order valence-corrected chi connectivity index (χ4v) is 5.51. The van der Waals surface area contributed by atoms with Crippen LogP contribution in [0.2, 0.25) is 0 Å². The first kappa shape index (κ1) is 19.8. The molecule has 0 bridgehead atoms. The summed E-state index contributed by atoms with van der Waals surface area (Å²) in [7, 11) is -3.76. The topological polar surface area (TPSA) is 107 Å². The summed E-state index contributed by atoms with van der Waals surface area (Å²) < 4.78 is 32.7. The Hall–Kier alpha value is -1.91. The molecule has 1 saturated heterocycles. The Morgan fingerprint density at radius 1 is 1.37 bits per heavy atom. The van der Waals surface area contributed by atoms with Gasteiger partial charge in [-0.3, -0.25) is 10.1 Å². The van der Waals surface area contributed by atoms with Crippen LogP contribution in [0.4, 0.5) is 5.69 Å². The molecule has 0 saturated carbocycles. The molecule has 8 nitrogen and oxygen atoms in total. The molecule has 2 aromatic rings. The van der Waals surface area contributed by atoms with E-state index in [0.717, 1.165) is 30.7 Å². The number of aromatic nitrogens is 1. The van der Waals surface area contributed by atoms with Crippen molar-refractivity contribution in [3.8, 4) is 0 Å². The maximum absolute atomic E-state index is 12.9. The standard InChI is InChI=1S/C17H21N3O5S2/c1-11-5-4-8-19(10-11)27(23,24)14-6-7-16(15(9-14)20(21)22)26-17-18-12(2)13(3)25-17/h6-7,9,11H,4-5,8,10H2,1-3H3. The van der Waals surface area contributed by atoms with Gasteiger partial charge in [0.25, 0.3) is 10.9 Å². The van der Waals surface area contributed by atoms with Gasteiger partial charge < -0.3 is 4.42 Å². The highest BCUT2D eigenvalue weighted by Gasteiger charge is 2.31. The average Bonchev–Trinajstić information content (AvgIpc) is 2.92. The van der Waals surface area contributed by atoms with Gasteiger partial charge in [-0.1, -0.05) is 6.92 Å². The smallest absolute Gasteiger partial charge is 0.284 e. The molecule has 0 amide bonds. The van der Waals surface area contributed by atoms with Crippen molar-refractivity contribution in [2.45, 2.75) is 48.6 Å². The second-order valence-corrected chi connectivity index (χ2v) is 9.65. The van der Waals surface area contributed by atoms with Crippen LogP contribution >= 0.6 is 11.8 Å². The molecule has 2 heterocycles. The molecule has 0 radical (unpaired) electrons. The number of nitro benzene ring substituents is 1. The van der Waals surface area contributed by atoms with Crippen LogP contribution in [-0.4, -0.2) is 35.7 Å². The third-order valence-electron chi connectivity index (χ3n) is 4.59. The number of oxazole rings is 1. The normalized spacial score (nSPS) is 18.6. The lowest BCUT2D eigenvalue weighted by Gasteiger charge is -2.30. The summed E-state index contributed by atoms with van der Waals surface area (Å²) in [5, 5.41) is 11.8. The predicted octanol–water partition coefficient (Wildman–Crippen LogP) is 3.77. The molecule has 27 heavy (non-hydrogen) atoms. The van der Waals surface area contributed by atoms with Gasteiger partial charge in [0.2, 0.25) is 10.0 Å². The number of rotatable bonds is 5. The molecule has 1 fully saturated rings. The zero-order valence-corrected chi connectivity index (χ0v) is 17.0. The van der Waals surface area contributed by atoms with E-state index in [0.29, 0.717) is 24.5 Å². The second kappa shape index (κ2) is 7.61. The number of aryl methyl sites for hydroxylation is 2. The third-order valence-corrected chi connectivity index (χ3v) is 7.37. The van der Waals surface area contributed by atoms with E-state index < -0.39 is 14.9 Å². The first-order chi connectivity index (χ1) is 12.7. The summed E-state index contributed by atoms with van der Waals surface area (Å²) in [6, 6.07) is 3.98. The number of piperidine rings is 1. The molecule has 1 aromatic heterocycles. The van der Waals surface area contributed by atoms with E-state index in [9.17, 15) is 18.5 Å². The lowest BCUT2D eigenvalue weighted by molar-refractivity contribution is -0.388. The first-order valence-electron chi connectivity index (χ1n) is 8.59. The van der Waals surface area contributed by atoms with Crippen molar-refractivity contribution in [2.24, 2.45) is 5.92 Å². The summed E-state index contributed by atoms with van der Waals surface area (Å²) in [6.07, 6.45) is 1.77. The highest BCUT2D eigenvalue weighted by Crippen LogP contribution is 2.37. The number of nitrogens with zero attached hydrogens (tertiary/aromatic N) is 3. The summed E-state index contributed by atoms with van der Waals surface area (Å²) in [4.78, 5) is 15.4. The largest absolute Gasteiger partial charge is 0.436 e. The van der Waals surface area contributed by atoms with Crippen molar-refractivity contribution in [1.82, 2.24) is 9.29 Å². The van der Waals surface area contributed by atoms with Gasteiger partial charge >= 0.3 is 0 Å². The lowest BCUT2D eigenvalue weighted by Crippen LogP contribution is -2.39. The Bertz CT molecular complexity index is 951. The Kier molecular flexibility index (Phi) is 5.59. The van der Waals surface area contributed by atoms with Crippen LogP contribution in [0.5, 0.6) is 0 Å². The van der Waals surface area contributed by atoms with E-state index in [1.54, 1.807) is 13.8 Å². The molecule has 1 unspecified atom stereocenters. The number of benzene rings is 1. The molecule has 1 aromatic carbocycles. The van der Waals surface area contributed by atoms with Gasteiger partial charge in [0.1, 0.15) is 5.76 Å². The molecule has 0 spiro atoms. The molecule has 1 aliphatic rings.